The minimum atomic E-state index is -0.771. The fourth-order valence-corrected chi connectivity index (χ4v) is 3.05. The van der Waals surface area contributed by atoms with Crippen LogP contribution in [0, 0.1) is 17.8 Å². The Kier molecular flexibility index (Phi) is 5.23. The van der Waals surface area contributed by atoms with E-state index in [1.165, 1.54) is 17.7 Å². The van der Waals surface area contributed by atoms with Gasteiger partial charge in [0.05, 0.1) is 14.1 Å². The molecule has 0 bridgehead atoms. The monoisotopic (exact) mass is 272 g/mol. The lowest BCUT2D eigenvalue weighted by molar-refractivity contribution is -0.850. The van der Waals surface area contributed by atoms with Crippen molar-refractivity contribution < 1.29 is 10.0 Å². The summed E-state index contributed by atoms with van der Waals surface area (Å²) in [4.78, 5) is 1.32. The molecular weight excluding hydrogens is 246 g/mol. The van der Waals surface area contributed by atoms with Crippen molar-refractivity contribution in [1.29, 1.82) is 0 Å². The van der Waals surface area contributed by atoms with Gasteiger partial charge in [0.15, 0.2) is 0 Å². The molecule has 0 heterocycles. The van der Waals surface area contributed by atoms with E-state index in [0.717, 1.165) is 24.9 Å². The SMILES string of the molecule is C[NH+](C)CC#CC[C@@](O)(c1ccccc1)C1CCCC1. The molecule has 0 amide bonds. The van der Waals surface area contributed by atoms with E-state index in [-0.39, 0.29) is 0 Å². The standard InChI is InChI=1S/C18H25NO/c1-19(2)15-9-8-14-18(20,17-12-6-7-13-17)16-10-4-3-5-11-16/h3-5,10-11,17,20H,6-7,12-15H2,1-2H3/p+1/t18-/m1/s1. The van der Waals surface area contributed by atoms with Crippen LogP contribution in [0.3, 0.4) is 0 Å². The Bertz CT molecular complexity index is 465. The van der Waals surface area contributed by atoms with Gasteiger partial charge in [0, 0.05) is 6.42 Å². The minimum absolute atomic E-state index is 0.353. The maximum Gasteiger partial charge on any atom is 0.138 e. The fraction of sp³-hybridized carbons (Fsp3) is 0.556. The van der Waals surface area contributed by atoms with Crippen molar-refractivity contribution in [2.45, 2.75) is 37.7 Å². The third-order valence-electron chi connectivity index (χ3n) is 4.23. The molecule has 1 saturated carbocycles. The van der Waals surface area contributed by atoms with Crippen molar-refractivity contribution in [3.05, 3.63) is 35.9 Å². The van der Waals surface area contributed by atoms with Crippen LogP contribution >= 0.6 is 0 Å². The number of benzene rings is 1. The van der Waals surface area contributed by atoms with Crippen LogP contribution in [-0.2, 0) is 5.60 Å². The second kappa shape index (κ2) is 6.92. The lowest BCUT2D eigenvalue weighted by atomic mass is 9.78. The molecule has 1 aromatic carbocycles. The van der Waals surface area contributed by atoms with Gasteiger partial charge in [-0.15, -0.1) is 0 Å². The van der Waals surface area contributed by atoms with Crippen LogP contribution in [0.15, 0.2) is 30.3 Å². The lowest BCUT2D eigenvalue weighted by Gasteiger charge is -2.33. The molecule has 0 spiro atoms. The minimum Gasteiger partial charge on any atom is -0.384 e. The Labute approximate surface area is 122 Å². The summed E-state index contributed by atoms with van der Waals surface area (Å²) in [6.45, 7) is 0.829. The topological polar surface area (TPSA) is 24.7 Å². The molecule has 0 unspecified atom stereocenters. The van der Waals surface area contributed by atoms with Gasteiger partial charge in [-0.05, 0) is 30.2 Å². The zero-order chi connectivity index (χ0) is 14.4. The normalized spacial score (nSPS) is 18.6. The fourth-order valence-electron chi connectivity index (χ4n) is 3.05. The maximum atomic E-state index is 11.2. The number of aliphatic hydroxyl groups is 1. The number of rotatable bonds is 4. The van der Waals surface area contributed by atoms with Gasteiger partial charge in [-0.1, -0.05) is 49.1 Å². The highest BCUT2D eigenvalue weighted by molar-refractivity contribution is 5.26. The summed E-state index contributed by atoms with van der Waals surface area (Å²) in [7, 11) is 4.18. The van der Waals surface area contributed by atoms with E-state index in [4.69, 9.17) is 0 Å². The van der Waals surface area contributed by atoms with E-state index in [0.29, 0.717) is 12.3 Å². The van der Waals surface area contributed by atoms with E-state index in [2.05, 4.69) is 25.9 Å². The summed E-state index contributed by atoms with van der Waals surface area (Å²) in [6, 6.07) is 10.1. The Morgan fingerprint density at radius 1 is 1.15 bits per heavy atom. The first kappa shape index (κ1) is 15.1. The number of quaternary nitrogens is 1. The summed E-state index contributed by atoms with van der Waals surface area (Å²) < 4.78 is 0. The van der Waals surface area contributed by atoms with E-state index in [9.17, 15) is 5.11 Å². The third kappa shape index (κ3) is 3.62. The number of hydrogen-bond donors (Lipinski definition) is 2. The van der Waals surface area contributed by atoms with Crippen LogP contribution in [0.25, 0.3) is 0 Å². The van der Waals surface area contributed by atoms with Crippen molar-refractivity contribution in [1.82, 2.24) is 0 Å². The van der Waals surface area contributed by atoms with Crippen molar-refractivity contribution >= 4 is 0 Å². The van der Waals surface area contributed by atoms with Gasteiger partial charge in [0.25, 0.3) is 0 Å². The molecule has 108 valence electrons. The first-order chi connectivity index (χ1) is 9.63. The van der Waals surface area contributed by atoms with Crippen LogP contribution in [0.2, 0.25) is 0 Å². The maximum absolute atomic E-state index is 11.2. The predicted octanol–water partition coefficient (Wildman–Crippen LogP) is 1.60. The molecule has 0 saturated heterocycles. The first-order valence-corrected chi connectivity index (χ1v) is 7.65. The zero-order valence-electron chi connectivity index (χ0n) is 12.7. The molecule has 1 fully saturated rings. The highest BCUT2D eigenvalue weighted by atomic mass is 16.3. The molecule has 2 rings (SSSR count). The predicted molar refractivity (Wildman–Crippen MR) is 82.4 cm³/mol. The Morgan fingerprint density at radius 2 is 1.80 bits per heavy atom. The van der Waals surface area contributed by atoms with E-state index < -0.39 is 5.60 Å². The molecule has 2 nitrogen and oxygen atoms in total. The Balaban J connectivity index is 2.17. The summed E-state index contributed by atoms with van der Waals surface area (Å²) in [5.41, 5.74) is 0.255. The van der Waals surface area contributed by atoms with Gasteiger partial charge in [-0.2, -0.15) is 0 Å². The van der Waals surface area contributed by atoms with Crippen LogP contribution in [0.4, 0.5) is 0 Å². The lowest BCUT2D eigenvalue weighted by Crippen LogP contribution is -3.05. The van der Waals surface area contributed by atoms with E-state index >= 15 is 0 Å². The molecule has 0 aliphatic heterocycles. The Hall–Kier alpha value is -1.30. The second-order valence-corrected chi connectivity index (χ2v) is 6.19. The molecule has 2 heteroatoms. The average Bonchev–Trinajstić information content (AvgIpc) is 2.99. The highest BCUT2D eigenvalue weighted by Gasteiger charge is 2.39. The second-order valence-electron chi connectivity index (χ2n) is 6.19. The average molecular weight is 272 g/mol. The van der Waals surface area contributed by atoms with Gasteiger partial charge < -0.3 is 10.0 Å². The molecule has 1 atom stereocenters. The summed E-state index contributed by atoms with van der Waals surface area (Å²) in [6.07, 6.45) is 5.25. The molecular formula is C18H26NO+. The molecule has 20 heavy (non-hydrogen) atoms. The van der Waals surface area contributed by atoms with Gasteiger partial charge in [0.2, 0.25) is 0 Å². The molecule has 1 aromatic rings. The van der Waals surface area contributed by atoms with Gasteiger partial charge in [-0.3, -0.25) is 0 Å². The van der Waals surface area contributed by atoms with Crippen LogP contribution in [-0.4, -0.2) is 25.7 Å². The Morgan fingerprint density at radius 3 is 2.40 bits per heavy atom. The van der Waals surface area contributed by atoms with Crippen LogP contribution in [0.1, 0.15) is 37.7 Å². The van der Waals surface area contributed by atoms with Gasteiger partial charge in [0.1, 0.15) is 12.1 Å². The quantitative estimate of drug-likeness (QED) is 0.800. The molecule has 2 N–H and O–H groups in total. The van der Waals surface area contributed by atoms with Gasteiger partial charge >= 0.3 is 0 Å². The highest BCUT2D eigenvalue weighted by Crippen LogP contribution is 2.42. The van der Waals surface area contributed by atoms with Crippen molar-refractivity contribution in [3.8, 4) is 11.8 Å². The van der Waals surface area contributed by atoms with Crippen LogP contribution < -0.4 is 4.90 Å². The number of hydrogen-bond acceptors (Lipinski definition) is 1. The van der Waals surface area contributed by atoms with Crippen molar-refractivity contribution in [3.63, 3.8) is 0 Å². The van der Waals surface area contributed by atoms with Gasteiger partial charge in [-0.25, -0.2) is 0 Å². The largest absolute Gasteiger partial charge is 0.384 e. The van der Waals surface area contributed by atoms with Crippen molar-refractivity contribution in [2.75, 3.05) is 20.6 Å². The zero-order valence-corrected chi connectivity index (χ0v) is 12.7. The van der Waals surface area contributed by atoms with E-state index in [1.807, 2.05) is 30.3 Å². The third-order valence-corrected chi connectivity index (χ3v) is 4.23. The summed E-state index contributed by atoms with van der Waals surface area (Å²) >= 11 is 0. The smallest absolute Gasteiger partial charge is 0.138 e. The molecule has 0 aromatic heterocycles. The molecule has 1 aliphatic carbocycles. The number of nitrogens with one attached hydrogen (secondary N) is 1. The summed E-state index contributed by atoms with van der Waals surface area (Å²) in [5, 5.41) is 11.2. The van der Waals surface area contributed by atoms with Crippen molar-refractivity contribution in [2.24, 2.45) is 5.92 Å². The first-order valence-electron chi connectivity index (χ1n) is 7.65. The van der Waals surface area contributed by atoms with Crippen LogP contribution in [0.5, 0.6) is 0 Å². The molecule has 0 radical (unpaired) electrons. The molecule has 1 aliphatic rings. The summed E-state index contributed by atoms with van der Waals surface area (Å²) in [5.74, 6) is 6.75. The van der Waals surface area contributed by atoms with E-state index in [1.54, 1.807) is 0 Å².